The van der Waals surface area contributed by atoms with Crippen LogP contribution in [-0.4, -0.2) is 20.8 Å². The second-order valence-corrected chi connectivity index (χ2v) is 6.69. The number of benzene rings is 1. The summed E-state index contributed by atoms with van der Waals surface area (Å²) in [6.07, 6.45) is -0.164. The number of hydrogen-bond donors (Lipinski definition) is 1. The molecule has 0 atom stereocenters. The number of alkyl halides is 3. The lowest BCUT2D eigenvalue weighted by atomic mass is 9.96. The highest BCUT2D eigenvalue weighted by Crippen LogP contribution is 2.24. The molecule has 0 spiro atoms. The second-order valence-electron chi connectivity index (χ2n) is 4.98. The smallest absolute Gasteiger partial charge is 0.406 e. The topological polar surface area (TPSA) is 55.4 Å². The summed E-state index contributed by atoms with van der Waals surface area (Å²) < 4.78 is 66.6. The fourth-order valence-corrected chi connectivity index (χ4v) is 3.63. The van der Waals surface area contributed by atoms with E-state index in [0.717, 1.165) is 56.4 Å². The third kappa shape index (κ3) is 4.89. The predicted octanol–water partition coefficient (Wildman–Crippen LogP) is 3.20. The largest absolute Gasteiger partial charge is 0.573 e. The van der Waals surface area contributed by atoms with Gasteiger partial charge in [-0.15, -0.1) is 13.2 Å². The summed E-state index contributed by atoms with van der Waals surface area (Å²) in [6.45, 7) is 0. The van der Waals surface area contributed by atoms with Crippen LogP contribution < -0.4 is 9.46 Å². The Hall–Kier alpha value is -1.28. The fraction of sp³-hybridized carbons (Fsp3) is 0.538. The molecule has 1 saturated carbocycles. The van der Waals surface area contributed by atoms with Gasteiger partial charge in [0.05, 0.1) is 4.90 Å². The maximum absolute atomic E-state index is 12.1. The molecule has 0 aliphatic heterocycles. The summed E-state index contributed by atoms with van der Waals surface area (Å²) >= 11 is 0. The van der Waals surface area contributed by atoms with Gasteiger partial charge in [0.2, 0.25) is 10.0 Å². The summed E-state index contributed by atoms with van der Waals surface area (Å²) in [4.78, 5) is -0.0670. The fourth-order valence-electron chi connectivity index (χ4n) is 2.33. The highest BCUT2D eigenvalue weighted by atomic mass is 32.2. The maximum Gasteiger partial charge on any atom is 0.573 e. The number of hydrogen-bond acceptors (Lipinski definition) is 3. The summed E-state index contributed by atoms with van der Waals surface area (Å²) in [5.74, 6) is -0.445. The van der Waals surface area contributed by atoms with Crippen molar-refractivity contribution >= 4 is 10.0 Å². The van der Waals surface area contributed by atoms with Gasteiger partial charge < -0.3 is 4.74 Å². The highest BCUT2D eigenvalue weighted by Gasteiger charge is 2.31. The maximum atomic E-state index is 12.1. The van der Waals surface area contributed by atoms with Crippen LogP contribution in [-0.2, 0) is 10.0 Å². The molecule has 0 aromatic heterocycles. The average molecular weight is 323 g/mol. The van der Waals surface area contributed by atoms with Crippen molar-refractivity contribution in [3.05, 3.63) is 24.3 Å². The van der Waals surface area contributed by atoms with Crippen LogP contribution in [0, 0.1) is 0 Å². The minimum Gasteiger partial charge on any atom is -0.406 e. The predicted molar refractivity (Wildman–Crippen MR) is 70.3 cm³/mol. The van der Waals surface area contributed by atoms with E-state index in [9.17, 15) is 21.6 Å². The number of nitrogens with one attached hydrogen (secondary N) is 1. The van der Waals surface area contributed by atoms with Crippen molar-refractivity contribution in [1.29, 1.82) is 0 Å². The van der Waals surface area contributed by atoms with Crippen molar-refractivity contribution in [2.75, 3.05) is 0 Å². The Kier molecular flexibility index (Phi) is 4.77. The molecule has 8 heteroatoms. The molecule has 1 fully saturated rings. The lowest BCUT2D eigenvalue weighted by Gasteiger charge is -2.22. The zero-order chi connectivity index (χ0) is 15.5. The number of rotatable bonds is 4. The van der Waals surface area contributed by atoms with Crippen LogP contribution in [0.4, 0.5) is 13.2 Å². The van der Waals surface area contributed by atoms with Gasteiger partial charge in [0.25, 0.3) is 0 Å². The summed E-state index contributed by atoms with van der Waals surface area (Å²) in [5.41, 5.74) is 0. The Balaban J connectivity index is 2.06. The zero-order valence-corrected chi connectivity index (χ0v) is 12.0. The Bertz CT molecular complexity index is 563. The van der Waals surface area contributed by atoms with Crippen molar-refractivity contribution in [2.24, 2.45) is 0 Å². The van der Waals surface area contributed by atoms with Gasteiger partial charge in [-0.2, -0.15) is 0 Å². The van der Waals surface area contributed by atoms with Crippen LogP contribution >= 0.6 is 0 Å². The highest BCUT2D eigenvalue weighted by molar-refractivity contribution is 7.89. The van der Waals surface area contributed by atoms with Crippen LogP contribution in [0.2, 0.25) is 0 Å². The summed E-state index contributed by atoms with van der Waals surface area (Å²) in [6, 6.07) is 4.08. The molecule has 0 radical (unpaired) electrons. The van der Waals surface area contributed by atoms with Gasteiger partial charge in [-0.25, -0.2) is 13.1 Å². The number of halogens is 3. The Morgan fingerprint density at radius 1 is 1.05 bits per heavy atom. The standard InChI is InChI=1S/C13H16F3NO3S/c14-13(15,16)20-11-6-8-12(9-7-11)21(18,19)17-10-4-2-1-3-5-10/h6-10,17H,1-5H2. The monoisotopic (exact) mass is 323 g/mol. The number of sulfonamides is 1. The van der Waals surface area contributed by atoms with Gasteiger partial charge in [0, 0.05) is 6.04 Å². The van der Waals surface area contributed by atoms with Crippen molar-refractivity contribution in [2.45, 2.75) is 49.4 Å². The molecule has 1 aliphatic carbocycles. The first-order valence-electron chi connectivity index (χ1n) is 6.64. The zero-order valence-electron chi connectivity index (χ0n) is 11.2. The first-order chi connectivity index (χ1) is 9.76. The van der Waals surface area contributed by atoms with E-state index < -0.39 is 22.1 Å². The van der Waals surface area contributed by atoms with Crippen molar-refractivity contribution in [1.82, 2.24) is 4.72 Å². The van der Waals surface area contributed by atoms with Gasteiger partial charge in [0.15, 0.2) is 0 Å². The average Bonchev–Trinajstić information content (AvgIpc) is 2.38. The molecule has 0 saturated heterocycles. The Labute approximate surface area is 121 Å². The molecule has 21 heavy (non-hydrogen) atoms. The van der Waals surface area contributed by atoms with E-state index in [1.807, 2.05) is 0 Å². The van der Waals surface area contributed by atoms with Crippen molar-refractivity contribution < 1.29 is 26.3 Å². The Morgan fingerprint density at radius 3 is 2.14 bits per heavy atom. The van der Waals surface area contributed by atoms with Gasteiger partial charge in [0.1, 0.15) is 5.75 Å². The van der Waals surface area contributed by atoms with Crippen LogP contribution in [0.3, 0.4) is 0 Å². The van der Waals surface area contributed by atoms with Crippen molar-refractivity contribution in [3.63, 3.8) is 0 Å². The van der Waals surface area contributed by atoms with E-state index in [1.54, 1.807) is 0 Å². The lowest BCUT2D eigenvalue weighted by Crippen LogP contribution is -2.36. The molecule has 1 aromatic carbocycles. The normalized spacial score (nSPS) is 17.7. The summed E-state index contributed by atoms with van der Waals surface area (Å²) in [7, 11) is -3.71. The third-order valence-corrected chi connectivity index (χ3v) is 4.83. The second kappa shape index (κ2) is 6.23. The van der Waals surface area contributed by atoms with Crippen LogP contribution in [0.5, 0.6) is 5.75 Å². The van der Waals surface area contributed by atoms with Crippen LogP contribution in [0.1, 0.15) is 32.1 Å². The summed E-state index contributed by atoms with van der Waals surface area (Å²) in [5, 5.41) is 0. The number of ether oxygens (including phenoxy) is 1. The van der Waals surface area contributed by atoms with Gasteiger partial charge in [-0.1, -0.05) is 19.3 Å². The minimum absolute atomic E-state index is 0.0670. The van der Waals surface area contributed by atoms with Gasteiger partial charge in [-0.3, -0.25) is 0 Å². The molecule has 0 unspecified atom stereocenters. The molecule has 1 aromatic rings. The minimum atomic E-state index is -4.79. The molecule has 0 bridgehead atoms. The van der Waals surface area contributed by atoms with E-state index in [4.69, 9.17) is 0 Å². The van der Waals surface area contributed by atoms with Crippen LogP contribution in [0.25, 0.3) is 0 Å². The molecule has 0 amide bonds. The molecule has 118 valence electrons. The molecule has 1 aliphatic rings. The molecular formula is C13H16F3NO3S. The van der Waals surface area contributed by atoms with Crippen molar-refractivity contribution in [3.8, 4) is 5.75 Å². The molecular weight excluding hydrogens is 307 g/mol. The quantitative estimate of drug-likeness (QED) is 0.926. The Morgan fingerprint density at radius 2 is 1.62 bits per heavy atom. The third-order valence-electron chi connectivity index (χ3n) is 3.29. The molecule has 0 heterocycles. The van der Waals surface area contributed by atoms with E-state index in [2.05, 4.69) is 9.46 Å². The van der Waals surface area contributed by atoms with E-state index in [1.165, 1.54) is 0 Å². The SMILES string of the molecule is O=S(=O)(NC1CCCCC1)c1ccc(OC(F)(F)F)cc1. The first kappa shape index (κ1) is 16.1. The lowest BCUT2D eigenvalue weighted by molar-refractivity contribution is -0.274. The van der Waals surface area contributed by atoms with Gasteiger partial charge >= 0.3 is 6.36 Å². The molecule has 1 N–H and O–H groups in total. The van der Waals surface area contributed by atoms with E-state index in [0.29, 0.717) is 0 Å². The molecule has 2 rings (SSSR count). The first-order valence-corrected chi connectivity index (χ1v) is 8.13. The molecule has 4 nitrogen and oxygen atoms in total. The van der Waals surface area contributed by atoms with Gasteiger partial charge in [-0.05, 0) is 37.1 Å². The van der Waals surface area contributed by atoms with Crippen LogP contribution in [0.15, 0.2) is 29.2 Å². The van der Waals surface area contributed by atoms with E-state index in [-0.39, 0.29) is 10.9 Å². The van der Waals surface area contributed by atoms with E-state index >= 15 is 0 Å².